The third-order valence-electron chi connectivity index (χ3n) is 7.00. The third kappa shape index (κ3) is 7.98. The van der Waals surface area contributed by atoms with Gasteiger partial charge in [-0.05, 0) is 67.5 Å². The van der Waals surface area contributed by atoms with Gasteiger partial charge in [0.05, 0.1) is 11.1 Å². The summed E-state index contributed by atoms with van der Waals surface area (Å²) in [5.74, 6) is -1.30. The molecule has 2 aromatic carbocycles. The fourth-order valence-corrected chi connectivity index (χ4v) is 4.64. The maximum absolute atomic E-state index is 13.7. The lowest BCUT2D eigenvalue weighted by Gasteiger charge is -2.43. The lowest BCUT2D eigenvalue weighted by Crippen LogP contribution is -2.62. The van der Waals surface area contributed by atoms with Gasteiger partial charge in [0.25, 0.3) is 0 Å². The molecule has 0 aromatic heterocycles. The number of amides is 1. The summed E-state index contributed by atoms with van der Waals surface area (Å²) in [4.78, 5) is 28.8. The number of benzene rings is 2. The molecule has 4 rings (SSSR count). The van der Waals surface area contributed by atoms with E-state index in [1.165, 1.54) is 30.3 Å². The van der Waals surface area contributed by atoms with E-state index in [2.05, 4.69) is 32.6 Å². The second kappa shape index (κ2) is 13.2. The van der Waals surface area contributed by atoms with Gasteiger partial charge >= 0.3 is 12.3 Å². The van der Waals surface area contributed by atoms with Gasteiger partial charge in [-0.3, -0.25) is 9.69 Å². The zero-order chi connectivity index (χ0) is 28.7. The molecule has 0 atom stereocenters. The van der Waals surface area contributed by atoms with Crippen molar-refractivity contribution < 1.29 is 42.1 Å². The molecule has 214 valence electrons. The van der Waals surface area contributed by atoms with Gasteiger partial charge in [0.2, 0.25) is 5.91 Å². The van der Waals surface area contributed by atoms with E-state index >= 15 is 0 Å². The molecule has 2 fully saturated rings. The maximum atomic E-state index is 13.7. The van der Waals surface area contributed by atoms with Crippen LogP contribution in [0.3, 0.4) is 0 Å². The van der Waals surface area contributed by atoms with Gasteiger partial charge < -0.3 is 24.6 Å². The van der Waals surface area contributed by atoms with E-state index in [1.807, 2.05) is 16.9 Å². The second-order valence-electron chi connectivity index (χ2n) is 9.36. The molecular weight excluding hydrogens is 632 g/mol. The summed E-state index contributed by atoms with van der Waals surface area (Å²) in [6.07, 6.45) is -2.35. The lowest BCUT2D eigenvalue weighted by molar-refractivity contribution is -0.274. The summed E-state index contributed by atoms with van der Waals surface area (Å²) in [5, 5.41) is 12.4. The Balaban J connectivity index is 0.00000205. The van der Waals surface area contributed by atoms with E-state index < -0.39 is 23.4 Å². The number of hydrogen-bond acceptors (Lipinski definition) is 6. The molecular formula is C27H32F3IN2O6. The van der Waals surface area contributed by atoms with E-state index in [0.29, 0.717) is 32.6 Å². The fraction of sp³-hybridized carbons (Fsp3) is 0.481. The van der Waals surface area contributed by atoms with E-state index in [-0.39, 0.29) is 29.6 Å². The Hall–Kier alpha value is -2.58. The van der Waals surface area contributed by atoms with Crippen LogP contribution >= 0.6 is 22.6 Å². The molecule has 2 N–H and O–H groups in total. The molecule has 2 aromatic rings. The van der Waals surface area contributed by atoms with Crippen LogP contribution in [0, 0.1) is 0 Å². The Bertz CT molecular complexity index is 1120. The van der Waals surface area contributed by atoms with Gasteiger partial charge in [0.15, 0.2) is 0 Å². The predicted octanol–water partition coefficient (Wildman–Crippen LogP) is 5.00. The maximum Gasteiger partial charge on any atom is 0.573 e. The van der Waals surface area contributed by atoms with Crippen molar-refractivity contribution in [3.63, 3.8) is 0 Å². The average molecular weight is 664 g/mol. The number of carbonyl (C=O) groups excluding carboxylic acids is 1. The van der Waals surface area contributed by atoms with Crippen LogP contribution in [0.2, 0.25) is 0 Å². The standard InChI is InChI=1S/C26H29F3N2O6.CH3I/c1-31(13-16-36-20-3-2-4-21(17-20)37-26(27,28)29)25(11-14-35-15-12-25)23(34)30-24(9-10-24)19-7-5-18(6-8-19)22(32)33;1-2/h2-8,17H,9-16H2,1H3,(H,30,34)(H,32,33);1H3. The largest absolute Gasteiger partial charge is 0.573 e. The van der Waals surface area contributed by atoms with Gasteiger partial charge in [-0.15, -0.1) is 13.2 Å². The molecule has 2 aliphatic rings. The summed E-state index contributed by atoms with van der Waals surface area (Å²) in [5.41, 5.74) is -0.336. The molecule has 12 heteroatoms. The summed E-state index contributed by atoms with van der Waals surface area (Å²) in [6, 6.07) is 11.8. The number of carboxylic acid groups (broad SMARTS) is 1. The van der Waals surface area contributed by atoms with Crippen LogP contribution in [-0.2, 0) is 15.1 Å². The minimum Gasteiger partial charge on any atom is -0.492 e. The van der Waals surface area contributed by atoms with E-state index in [0.717, 1.165) is 24.5 Å². The van der Waals surface area contributed by atoms with Crippen molar-refractivity contribution in [1.29, 1.82) is 0 Å². The molecule has 0 bridgehead atoms. The Labute approximate surface area is 238 Å². The van der Waals surface area contributed by atoms with Crippen LogP contribution in [0.25, 0.3) is 0 Å². The zero-order valence-corrected chi connectivity index (χ0v) is 23.9. The van der Waals surface area contributed by atoms with Gasteiger partial charge in [0.1, 0.15) is 23.6 Å². The number of halogens is 4. The Morgan fingerprint density at radius 2 is 1.67 bits per heavy atom. The molecule has 1 amide bonds. The van der Waals surface area contributed by atoms with Crippen LogP contribution in [0.4, 0.5) is 13.2 Å². The number of aromatic carboxylic acids is 1. The topological polar surface area (TPSA) is 97.3 Å². The van der Waals surface area contributed by atoms with Crippen molar-refractivity contribution in [3.8, 4) is 11.5 Å². The molecule has 8 nitrogen and oxygen atoms in total. The number of hydrogen-bond donors (Lipinski definition) is 2. The van der Waals surface area contributed by atoms with Crippen LogP contribution in [-0.4, -0.2) is 72.1 Å². The zero-order valence-electron chi connectivity index (χ0n) is 21.7. The number of likely N-dealkylation sites (N-methyl/N-ethyl adjacent to an activating group) is 1. The number of nitrogens with one attached hydrogen (secondary N) is 1. The highest BCUT2D eigenvalue weighted by Crippen LogP contribution is 2.46. The monoisotopic (exact) mass is 664 g/mol. The van der Waals surface area contributed by atoms with Crippen molar-refractivity contribution in [2.45, 2.75) is 43.1 Å². The Morgan fingerprint density at radius 3 is 2.23 bits per heavy atom. The number of alkyl halides is 4. The van der Waals surface area contributed by atoms with Crippen molar-refractivity contribution in [2.24, 2.45) is 0 Å². The third-order valence-corrected chi connectivity index (χ3v) is 7.00. The SMILES string of the molecule is CI.CN(CCOc1cccc(OC(F)(F)F)c1)C1(C(=O)NC2(c3ccc(C(=O)O)cc3)CC2)CCOCC1. The summed E-state index contributed by atoms with van der Waals surface area (Å²) in [7, 11) is 1.82. The molecule has 1 aliphatic heterocycles. The number of carboxylic acids is 1. The van der Waals surface area contributed by atoms with Gasteiger partial charge in [-0.25, -0.2) is 4.79 Å². The molecule has 0 radical (unpaired) electrons. The molecule has 0 spiro atoms. The quantitative estimate of drug-likeness (QED) is 0.273. The molecule has 1 saturated heterocycles. The minimum atomic E-state index is -4.79. The van der Waals surface area contributed by atoms with Gasteiger partial charge in [0, 0.05) is 25.8 Å². The van der Waals surface area contributed by atoms with Crippen LogP contribution < -0.4 is 14.8 Å². The van der Waals surface area contributed by atoms with Crippen LogP contribution in [0.5, 0.6) is 11.5 Å². The highest BCUT2D eigenvalue weighted by atomic mass is 127. The smallest absolute Gasteiger partial charge is 0.492 e. The molecule has 0 unspecified atom stereocenters. The second-order valence-corrected chi connectivity index (χ2v) is 9.36. The lowest BCUT2D eigenvalue weighted by atomic mass is 9.86. The van der Waals surface area contributed by atoms with Crippen molar-refractivity contribution >= 4 is 34.5 Å². The Morgan fingerprint density at radius 1 is 1.05 bits per heavy atom. The van der Waals surface area contributed by atoms with E-state index in [1.54, 1.807) is 12.1 Å². The molecule has 1 aliphatic carbocycles. The molecule has 39 heavy (non-hydrogen) atoms. The van der Waals surface area contributed by atoms with E-state index in [4.69, 9.17) is 14.6 Å². The average Bonchev–Trinajstić information content (AvgIpc) is 3.70. The van der Waals surface area contributed by atoms with Crippen molar-refractivity contribution in [1.82, 2.24) is 10.2 Å². The first-order valence-corrected chi connectivity index (χ1v) is 14.5. The van der Waals surface area contributed by atoms with Gasteiger partial charge in [-0.1, -0.05) is 40.8 Å². The number of rotatable bonds is 10. The fourth-order valence-electron chi connectivity index (χ4n) is 4.64. The van der Waals surface area contributed by atoms with Gasteiger partial charge in [-0.2, -0.15) is 0 Å². The highest BCUT2D eigenvalue weighted by molar-refractivity contribution is 14.1. The summed E-state index contributed by atoms with van der Waals surface area (Å²) >= 11 is 2.15. The minimum absolute atomic E-state index is 0.140. The first-order valence-electron chi connectivity index (χ1n) is 12.3. The van der Waals surface area contributed by atoms with Crippen molar-refractivity contribution in [2.75, 3.05) is 38.3 Å². The van der Waals surface area contributed by atoms with Crippen LogP contribution in [0.15, 0.2) is 48.5 Å². The van der Waals surface area contributed by atoms with Crippen LogP contribution in [0.1, 0.15) is 41.6 Å². The first kappa shape index (κ1) is 31.0. The van der Waals surface area contributed by atoms with Crippen molar-refractivity contribution in [3.05, 3.63) is 59.7 Å². The molecule has 1 heterocycles. The normalized spacial score (nSPS) is 17.4. The number of ether oxygens (including phenoxy) is 3. The number of nitrogens with zero attached hydrogens (tertiary/aromatic N) is 1. The Kier molecular flexibility index (Phi) is 10.5. The molecule has 1 saturated carbocycles. The van der Waals surface area contributed by atoms with E-state index in [9.17, 15) is 22.8 Å². The highest BCUT2D eigenvalue weighted by Gasteiger charge is 2.51. The first-order chi connectivity index (χ1) is 18.5. The summed E-state index contributed by atoms with van der Waals surface area (Å²) < 4.78 is 52.6. The summed E-state index contributed by atoms with van der Waals surface area (Å²) in [6.45, 7) is 1.31. The number of carbonyl (C=O) groups is 2. The predicted molar refractivity (Wildman–Crippen MR) is 146 cm³/mol.